The molecule has 1 atom stereocenters. The minimum Gasteiger partial charge on any atom is -0.465 e. The Morgan fingerprint density at radius 3 is 2.42 bits per heavy atom. The molecule has 0 saturated carbocycles. The van der Waals surface area contributed by atoms with Gasteiger partial charge in [-0.05, 0) is 41.7 Å². The van der Waals surface area contributed by atoms with Crippen LogP contribution in [0.1, 0.15) is 41.8 Å². The van der Waals surface area contributed by atoms with Gasteiger partial charge in [0.15, 0.2) is 0 Å². The van der Waals surface area contributed by atoms with Gasteiger partial charge in [-0.15, -0.1) is 0 Å². The average Bonchev–Trinajstić information content (AvgIpc) is 2.61. The fraction of sp³-hybridized carbons (Fsp3) is 0.429. The van der Waals surface area contributed by atoms with Crippen LogP contribution in [0.15, 0.2) is 48.8 Å². The summed E-state index contributed by atoms with van der Waals surface area (Å²) in [5.74, 6) is 0.257. The summed E-state index contributed by atoms with van der Waals surface area (Å²) in [5, 5.41) is 0. The number of esters is 1. The molecule has 5 nitrogen and oxygen atoms in total. The lowest BCUT2D eigenvalue weighted by atomic mass is 10.0. The molecule has 0 amide bonds. The lowest BCUT2D eigenvalue weighted by Gasteiger charge is -2.26. The van der Waals surface area contributed by atoms with Crippen molar-refractivity contribution in [2.45, 2.75) is 39.4 Å². The first kappa shape index (κ1) is 20.1. The second-order valence-corrected chi connectivity index (χ2v) is 7.11. The number of benzene rings is 1. The first-order valence-electron chi connectivity index (χ1n) is 9.02. The maximum Gasteiger partial charge on any atom is 0.337 e. The van der Waals surface area contributed by atoms with Gasteiger partial charge >= 0.3 is 5.97 Å². The Kier molecular flexibility index (Phi) is 7.75. The summed E-state index contributed by atoms with van der Waals surface area (Å²) in [6.07, 6.45) is 4.66. The number of hydrogen-bond donors (Lipinski definition) is 1. The number of pyridine rings is 1. The highest BCUT2D eigenvalue weighted by Gasteiger charge is 2.14. The van der Waals surface area contributed by atoms with Crippen molar-refractivity contribution in [2.75, 3.05) is 13.7 Å². The van der Waals surface area contributed by atoms with Crippen LogP contribution in [0.5, 0.6) is 0 Å². The van der Waals surface area contributed by atoms with Crippen molar-refractivity contribution < 1.29 is 9.53 Å². The number of nitrogens with two attached hydrogens (primary N) is 1. The molecule has 0 bridgehead atoms. The summed E-state index contributed by atoms with van der Waals surface area (Å²) in [6.45, 7) is 6.75. The van der Waals surface area contributed by atoms with Gasteiger partial charge in [0.05, 0.1) is 12.7 Å². The first-order valence-corrected chi connectivity index (χ1v) is 9.02. The number of hydrogen-bond acceptors (Lipinski definition) is 5. The third-order valence-electron chi connectivity index (χ3n) is 4.18. The number of aromatic nitrogens is 1. The molecular weight excluding hydrogens is 326 g/mol. The molecule has 1 aromatic heterocycles. The maximum absolute atomic E-state index is 11.6. The first-order chi connectivity index (χ1) is 12.5. The number of ether oxygens (including phenoxy) is 1. The molecule has 2 aromatic rings. The fourth-order valence-electron chi connectivity index (χ4n) is 3.07. The second-order valence-electron chi connectivity index (χ2n) is 7.11. The zero-order valence-corrected chi connectivity index (χ0v) is 15.9. The van der Waals surface area contributed by atoms with Gasteiger partial charge in [0.25, 0.3) is 0 Å². The summed E-state index contributed by atoms with van der Waals surface area (Å²) in [4.78, 5) is 18.1. The maximum atomic E-state index is 11.6. The molecule has 0 aliphatic carbocycles. The van der Waals surface area contributed by atoms with Crippen LogP contribution in [-0.4, -0.2) is 35.5 Å². The summed E-state index contributed by atoms with van der Waals surface area (Å²) in [6, 6.07) is 11.7. The molecule has 0 aliphatic heterocycles. The molecule has 5 heteroatoms. The topological polar surface area (TPSA) is 68.5 Å². The van der Waals surface area contributed by atoms with Crippen molar-refractivity contribution in [1.29, 1.82) is 0 Å². The van der Waals surface area contributed by atoms with Crippen molar-refractivity contribution in [3.05, 3.63) is 65.5 Å². The Morgan fingerprint density at radius 1 is 1.15 bits per heavy atom. The van der Waals surface area contributed by atoms with Crippen molar-refractivity contribution in [3.63, 3.8) is 0 Å². The van der Waals surface area contributed by atoms with Crippen molar-refractivity contribution in [3.8, 4) is 0 Å². The molecule has 0 aliphatic rings. The van der Waals surface area contributed by atoms with Gasteiger partial charge in [0.1, 0.15) is 0 Å². The predicted octanol–water partition coefficient (Wildman–Crippen LogP) is 3.24. The molecule has 0 radical (unpaired) electrons. The van der Waals surface area contributed by atoms with Gasteiger partial charge in [0.2, 0.25) is 0 Å². The highest BCUT2D eigenvalue weighted by atomic mass is 16.5. The molecule has 2 N–H and O–H groups in total. The molecule has 0 spiro atoms. The van der Waals surface area contributed by atoms with Gasteiger partial charge in [-0.25, -0.2) is 4.79 Å². The molecular formula is C21H29N3O2. The summed E-state index contributed by atoms with van der Waals surface area (Å²) < 4.78 is 4.75. The molecule has 1 aromatic carbocycles. The van der Waals surface area contributed by atoms with E-state index >= 15 is 0 Å². The van der Waals surface area contributed by atoms with Crippen LogP contribution in [0, 0.1) is 5.92 Å². The van der Waals surface area contributed by atoms with E-state index in [0.717, 1.165) is 37.2 Å². The Balaban J connectivity index is 2.08. The Hall–Kier alpha value is -2.24. The number of nitrogens with zero attached hydrogens (tertiary/aromatic N) is 2. The summed E-state index contributed by atoms with van der Waals surface area (Å²) >= 11 is 0. The lowest BCUT2D eigenvalue weighted by molar-refractivity contribution is 0.0600. The lowest BCUT2D eigenvalue weighted by Crippen LogP contribution is -2.37. The Labute approximate surface area is 156 Å². The second kappa shape index (κ2) is 10.0. The van der Waals surface area contributed by atoms with Gasteiger partial charge in [-0.3, -0.25) is 9.88 Å². The van der Waals surface area contributed by atoms with E-state index in [4.69, 9.17) is 10.5 Å². The number of carbonyl (C=O) groups is 1. The molecule has 0 fully saturated rings. The smallest absolute Gasteiger partial charge is 0.337 e. The normalized spacial score (nSPS) is 12.4. The zero-order valence-electron chi connectivity index (χ0n) is 15.9. The van der Waals surface area contributed by atoms with Crippen LogP contribution >= 0.6 is 0 Å². The van der Waals surface area contributed by atoms with E-state index in [1.165, 1.54) is 7.11 Å². The Bertz CT molecular complexity index is 671. The van der Waals surface area contributed by atoms with E-state index in [2.05, 4.69) is 29.8 Å². The van der Waals surface area contributed by atoms with E-state index in [0.29, 0.717) is 11.5 Å². The zero-order chi connectivity index (χ0) is 18.9. The van der Waals surface area contributed by atoms with Crippen molar-refractivity contribution >= 4 is 5.97 Å². The standard InChI is InChI=1S/C21H29N3O2/c1-16(2)11-20(22)15-24(14-18-5-4-10-23-12-18)13-17-6-8-19(9-7-17)21(25)26-3/h4-10,12,16,20H,11,13-15,22H2,1-3H3. The highest BCUT2D eigenvalue weighted by Crippen LogP contribution is 2.13. The fourth-order valence-corrected chi connectivity index (χ4v) is 3.07. The highest BCUT2D eigenvalue weighted by molar-refractivity contribution is 5.89. The van der Waals surface area contributed by atoms with Gasteiger partial charge in [-0.1, -0.05) is 32.0 Å². The summed E-state index contributed by atoms with van der Waals surface area (Å²) in [5.41, 5.74) is 9.21. The Morgan fingerprint density at radius 2 is 1.85 bits per heavy atom. The van der Waals surface area contributed by atoms with E-state index in [1.54, 1.807) is 18.3 Å². The van der Waals surface area contributed by atoms with Crippen LogP contribution in [0.2, 0.25) is 0 Å². The SMILES string of the molecule is COC(=O)c1ccc(CN(Cc2cccnc2)CC(N)CC(C)C)cc1. The third kappa shape index (κ3) is 6.58. The average molecular weight is 355 g/mol. The number of rotatable bonds is 9. The molecule has 26 heavy (non-hydrogen) atoms. The van der Waals surface area contributed by atoms with Crippen LogP contribution in [0.25, 0.3) is 0 Å². The van der Waals surface area contributed by atoms with E-state index in [9.17, 15) is 4.79 Å². The van der Waals surface area contributed by atoms with Crippen LogP contribution < -0.4 is 5.73 Å². The van der Waals surface area contributed by atoms with Gasteiger partial charge in [0, 0.05) is 38.1 Å². The minimum absolute atomic E-state index is 0.126. The van der Waals surface area contributed by atoms with E-state index in [1.807, 2.05) is 24.4 Å². The van der Waals surface area contributed by atoms with Crippen molar-refractivity contribution in [2.24, 2.45) is 11.7 Å². The third-order valence-corrected chi connectivity index (χ3v) is 4.18. The molecule has 1 unspecified atom stereocenters. The number of carbonyl (C=O) groups excluding carboxylic acids is 1. The van der Waals surface area contributed by atoms with Crippen LogP contribution in [0.4, 0.5) is 0 Å². The van der Waals surface area contributed by atoms with Crippen LogP contribution in [-0.2, 0) is 17.8 Å². The summed E-state index contributed by atoms with van der Waals surface area (Å²) in [7, 11) is 1.39. The van der Waals surface area contributed by atoms with E-state index in [-0.39, 0.29) is 12.0 Å². The monoisotopic (exact) mass is 355 g/mol. The van der Waals surface area contributed by atoms with E-state index < -0.39 is 0 Å². The number of methoxy groups -OCH3 is 1. The quantitative estimate of drug-likeness (QED) is 0.699. The predicted molar refractivity (Wildman–Crippen MR) is 104 cm³/mol. The molecule has 140 valence electrons. The molecule has 0 saturated heterocycles. The van der Waals surface area contributed by atoms with Crippen molar-refractivity contribution in [1.82, 2.24) is 9.88 Å². The molecule has 2 rings (SSSR count). The van der Waals surface area contributed by atoms with Crippen LogP contribution in [0.3, 0.4) is 0 Å². The largest absolute Gasteiger partial charge is 0.465 e. The molecule has 1 heterocycles. The van der Waals surface area contributed by atoms with Gasteiger partial charge in [-0.2, -0.15) is 0 Å². The van der Waals surface area contributed by atoms with Gasteiger partial charge < -0.3 is 10.5 Å². The minimum atomic E-state index is -0.317.